The monoisotopic (exact) mass is 484 g/mol. The van der Waals surface area contributed by atoms with Crippen molar-refractivity contribution in [2.24, 2.45) is 5.92 Å². The molecule has 0 aliphatic carbocycles. The molecule has 35 heavy (non-hydrogen) atoms. The van der Waals surface area contributed by atoms with Gasteiger partial charge in [0.05, 0.1) is 39.3 Å². The fourth-order valence-corrected chi connectivity index (χ4v) is 3.19. The Morgan fingerprint density at radius 2 is 1.57 bits per heavy atom. The number of carbonyl (C=O) groups is 2. The normalized spacial score (nSPS) is 10.9. The fraction of sp³-hybridized carbons (Fsp3) is 0.429. The second-order valence-corrected chi connectivity index (χ2v) is 8.43. The van der Waals surface area contributed by atoms with Gasteiger partial charge in [-0.25, -0.2) is 4.79 Å². The third-order valence-electron chi connectivity index (χ3n) is 5.08. The summed E-state index contributed by atoms with van der Waals surface area (Å²) in [7, 11) is 3.15. The number of carbonyl (C=O) groups excluding carboxylic acids is 2. The molecule has 0 amide bonds. The van der Waals surface area contributed by atoms with Crippen LogP contribution in [0.25, 0.3) is 6.08 Å². The van der Waals surface area contributed by atoms with E-state index in [2.05, 4.69) is 0 Å². The molecule has 0 N–H and O–H groups in total. The Kier molecular flexibility index (Phi) is 12.2. The molecule has 0 radical (unpaired) electrons. The van der Waals surface area contributed by atoms with E-state index in [0.717, 1.165) is 31.2 Å². The maximum Gasteiger partial charge on any atom is 0.342 e. The van der Waals surface area contributed by atoms with Crippen molar-refractivity contribution in [1.82, 2.24) is 0 Å². The standard InChI is InChI=1S/C28H36O7/c1-21(2)19-27(29)34-17-8-6-5-7-16-33-25-14-9-22(20-26(25)32-4)15-18-35-28(30)23-10-12-24(31-3)13-11-23/h9-15,18,20-21H,5-8,16-17,19H2,1-4H3/b18-15+. The van der Waals surface area contributed by atoms with Crippen molar-refractivity contribution in [3.63, 3.8) is 0 Å². The zero-order chi connectivity index (χ0) is 25.5. The summed E-state index contributed by atoms with van der Waals surface area (Å²) in [5, 5.41) is 0. The molecule has 2 aromatic rings. The van der Waals surface area contributed by atoms with Crippen LogP contribution in [0.3, 0.4) is 0 Å². The van der Waals surface area contributed by atoms with Crippen LogP contribution in [0.4, 0.5) is 0 Å². The van der Waals surface area contributed by atoms with Crippen LogP contribution < -0.4 is 14.2 Å². The van der Waals surface area contributed by atoms with Crippen LogP contribution >= 0.6 is 0 Å². The van der Waals surface area contributed by atoms with Crippen LogP contribution in [0.15, 0.2) is 48.7 Å². The maximum atomic E-state index is 12.1. The Morgan fingerprint density at radius 3 is 2.23 bits per heavy atom. The summed E-state index contributed by atoms with van der Waals surface area (Å²) in [4.78, 5) is 23.6. The van der Waals surface area contributed by atoms with Gasteiger partial charge < -0.3 is 23.7 Å². The summed E-state index contributed by atoms with van der Waals surface area (Å²) < 4.78 is 26.8. The van der Waals surface area contributed by atoms with E-state index < -0.39 is 5.97 Å². The van der Waals surface area contributed by atoms with Gasteiger partial charge in [0.15, 0.2) is 11.5 Å². The second kappa shape index (κ2) is 15.4. The van der Waals surface area contributed by atoms with Crippen molar-refractivity contribution in [3.8, 4) is 17.2 Å². The molecule has 0 aliphatic heterocycles. The lowest BCUT2D eigenvalue weighted by molar-refractivity contribution is -0.144. The van der Waals surface area contributed by atoms with Crippen LogP contribution in [-0.2, 0) is 14.3 Å². The molecule has 7 nitrogen and oxygen atoms in total. The third kappa shape index (κ3) is 10.5. The summed E-state index contributed by atoms with van der Waals surface area (Å²) >= 11 is 0. The van der Waals surface area contributed by atoms with E-state index in [1.807, 2.05) is 32.0 Å². The first-order valence-corrected chi connectivity index (χ1v) is 11.9. The Hall–Kier alpha value is -3.48. The zero-order valence-electron chi connectivity index (χ0n) is 21.1. The molecule has 2 rings (SSSR count). The predicted octanol–water partition coefficient (Wildman–Crippen LogP) is 6.06. The Labute approximate surface area is 208 Å². The van der Waals surface area contributed by atoms with Gasteiger partial charge in [-0.2, -0.15) is 0 Å². The van der Waals surface area contributed by atoms with E-state index in [1.165, 1.54) is 6.26 Å². The van der Waals surface area contributed by atoms with Gasteiger partial charge >= 0.3 is 11.9 Å². The van der Waals surface area contributed by atoms with Crippen molar-refractivity contribution in [3.05, 3.63) is 59.9 Å². The molecule has 190 valence electrons. The zero-order valence-corrected chi connectivity index (χ0v) is 21.1. The minimum Gasteiger partial charge on any atom is -0.497 e. The smallest absolute Gasteiger partial charge is 0.342 e. The Bertz CT molecular complexity index is 948. The van der Waals surface area contributed by atoms with E-state index >= 15 is 0 Å². The van der Waals surface area contributed by atoms with E-state index in [-0.39, 0.29) is 5.97 Å². The molecule has 7 heteroatoms. The molecule has 0 saturated carbocycles. The van der Waals surface area contributed by atoms with Gasteiger partial charge in [-0.05, 0) is 79.6 Å². The average Bonchev–Trinajstić information content (AvgIpc) is 2.85. The summed E-state index contributed by atoms with van der Waals surface area (Å²) in [6, 6.07) is 12.2. The van der Waals surface area contributed by atoms with Crippen molar-refractivity contribution >= 4 is 18.0 Å². The van der Waals surface area contributed by atoms with Gasteiger partial charge in [-0.3, -0.25) is 4.79 Å². The predicted molar refractivity (Wildman–Crippen MR) is 135 cm³/mol. The lowest BCUT2D eigenvalue weighted by Gasteiger charge is -2.11. The Balaban J connectivity index is 1.71. The number of esters is 2. The highest BCUT2D eigenvalue weighted by atomic mass is 16.5. The lowest BCUT2D eigenvalue weighted by atomic mass is 10.1. The first-order valence-electron chi connectivity index (χ1n) is 11.9. The van der Waals surface area contributed by atoms with Crippen LogP contribution in [0.1, 0.15) is 61.9 Å². The number of methoxy groups -OCH3 is 2. The van der Waals surface area contributed by atoms with Crippen LogP contribution in [0.2, 0.25) is 0 Å². The van der Waals surface area contributed by atoms with Crippen LogP contribution in [-0.4, -0.2) is 39.4 Å². The number of ether oxygens (including phenoxy) is 5. The van der Waals surface area contributed by atoms with Gasteiger partial charge in [-0.1, -0.05) is 19.9 Å². The number of hydrogen-bond donors (Lipinski definition) is 0. The summed E-state index contributed by atoms with van der Waals surface area (Å²) in [6.07, 6.45) is 7.23. The number of unbranched alkanes of at least 4 members (excludes halogenated alkanes) is 3. The molecule has 0 heterocycles. The van der Waals surface area contributed by atoms with E-state index in [4.69, 9.17) is 23.7 Å². The van der Waals surface area contributed by atoms with Crippen LogP contribution in [0, 0.1) is 5.92 Å². The molecule has 0 bridgehead atoms. The first-order chi connectivity index (χ1) is 16.9. The SMILES string of the molecule is COc1ccc(C(=O)O/C=C/c2ccc(OCCCCCCOC(=O)CC(C)C)c(OC)c2)cc1. The molecule has 0 aromatic heterocycles. The molecule has 0 fully saturated rings. The quantitative estimate of drug-likeness (QED) is 0.173. The van der Waals surface area contributed by atoms with Gasteiger partial charge in [0.25, 0.3) is 0 Å². The van der Waals surface area contributed by atoms with Crippen molar-refractivity contribution in [2.45, 2.75) is 46.0 Å². The number of hydrogen-bond acceptors (Lipinski definition) is 7. The molecular weight excluding hydrogens is 448 g/mol. The van der Waals surface area contributed by atoms with Gasteiger partial charge in [0.2, 0.25) is 0 Å². The molecule has 0 unspecified atom stereocenters. The largest absolute Gasteiger partial charge is 0.497 e. The van der Waals surface area contributed by atoms with Crippen molar-refractivity contribution in [1.29, 1.82) is 0 Å². The topological polar surface area (TPSA) is 80.3 Å². The lowest BCUT2D eigenvalue weighted by Crippen LogP contribution is -2.08. The van der Waals surface area contributed by atoms with Gasteiger partial charge in [0.1, 0.15) is 5.75 Å². The van der Waals surface area contributed by atoms with E-state index in [9.17, 15) is 9.59 Å². The van der Waals surface area contributed by atoms with E-state index in [1.54, 1.807) is 44.6 Å². The summed E-state index contributed by atoms with van der Waals surface area (Å²) in [5.74, 6) is 1.68. The summed E-state index contributed by atoms with van der Waals surface area (Å²) in [5.41, 5.74) is 1.24. The molecule has 0 spiro atoms. The number of benzene rings is 2. The second-order valence-electron chi connectivity index (χ2n) is 8.43. The molecular formula is C28H36O7. The fourth-order valence-electron chi connectivity index (χ4n) is 3.19. The molecule has 2 aromatic carbocycles. The van der Waals surface area contributed by atoms with Gasteiger partial charge in [-0.15, -0.1) is 0 Å². The molecule has 0 aliphatic rings. The van der Waals surface area contributed by atoms with Gasteiger partial charge in [0, 0.05) is 6.42 Å². The minimum absolute atomic E-state index is 0.121. The summed E-state index contributed by atoms with van der Waals surface area (Å²) in [6.45, 7) is 5.05. The van der Waals surface area contributed by atoms with Crippen molar-refractivity contribution in [2.75, 3.05) is 27.4 Å². The van der Waals surface area contributed by atoms with E-state index in [0.29, 0.717) is 48.4 Å². The third-order valence-corrected chi connectivity index (χ3v) is 5.08. The van der Waals surface area contributed by atoms with Crippen molar-refractivity contribution < 1.29 is 33.3 Å². The average molecular weight is 485 g/mol. The minimum atomic E-state index is -0.454. The highest BCUT2D eigenvalue weighted by Gasteiger charge is 2.08. The first kappa shape index (κ1) is 27.8. The highest BCUT2D eigenvalue weighted by molar-refractivity contribution is 5.90. The Morgan fingerprint density at radius 1 is 0.857 bits per heavy atom. The highest BCUT2D eigenvalue weighted by Crippen LogP contribution is 2.29. The maximum absolute atomic E-state index is 12.1. The number of rotatable bonds is 15. The molecule has 0 atom stereocenters. The molecule has 0 saturated heterocycles. The van der Waals surface area contributed by atoms with Crippen LogP contribution in [0.5, 0.6) is 17.2 Å².